The highest BCUT2D eigenvalue weighted by molar-refractivity contribution is 6.06. The molecule has 0 aliphatic carbocycles. The largest absolute Gasteiger partial charge is 0.365 e. The van der Waals surface area contributed by atoms with E-state index in [1.807, 2.05) is 42.5 Å². The van der Waals surface area contributed by atoms with E-state index in [1.54, 1.807) is 0 Å². The number of hydrogen-bond acceptors (Lipinski definition) is 3. The molecule has 4 nitrogen and oxygen atoms in total. The molecule has 2 saturated heterocycles. The van der Waals surface area contributed by atoms with E-state index in [9.17, 15) is 9.59 Å². The molecule has 3 aliphatic heterocycles. The van der Waals surface area contributed by atoms with Crippen LogP contribution < -0.4 is 0 Å². The minimum Gasteiger partial charge on any atom is -0.365 e. The Hall–Kier alpha value is -1.94. The predicted molar refractivity (Wildman–Crippen MR) is 66.8 cm³/mol. The van der Waals surface area contributed by atoms with Gasteiger partial charge in [-0.05, 0) is 5.56 Å². The van der Waals surface area contributed by atoms with E-state index in [4.69, 9.17) is 4.74 Å². The second-order valence-corrected chi connectivity index (χ2v) is 5.25. The topological polar surface area (TPSA) is 46.6 Å². The van der Waals surface area contributed by atoms with Gasteiger partial charge in [0.1, 0.15) is 0 Å². The molecule has 4 heteroatoms. The molecule has 2 bridgehead atoms. The molecule has 96 valence electrons. The maximum absolute atomic E-state index is 12.4. The Labute approximate surface area is 110 Å². The summed E-state index contributed by atoms with van der Waals surface area (Å²) < 4.78 is 5.60. The predicted octanol–water partition coefficient (Wildman–Crippen LogP) is 1.12. The quantitative estimate of drug-likeness (QED) is 0.588. The van der Waals surface area contributed by atoms with E-state index in [0.717, 1.165) is 5.56 Å². The lowest BCUT2D eigenvalue weighted by Gasteiger charge is -2.17. The molecule has 1 aromatic carbocycles. The van der Waals surface area contributed by atoms with Crippen molar-refractivity contribution >= 4 is 11.8 Å². The van der Waals surface area contributed by atoms with Crippen LogP contribution in [0, 0.1) is 11.8 Å². The number of benzene rings is 1. The molecular weight excluding hydrogens is 242 g/mol. The summed E-state index contributed by atoms with van der Waals surface area (Å²) in [6, 6.07) is 9.60. The van der Waals surface area contributed by atoms with Gasteiger partial charge in [0, 0.05) is 0 Å². The first-order valence-electron chi connectivity index (χ1n) is 6.48. The van der Waals surface area contributed by atoms with Gasteiger partial charge >= 0.3 is 0 Å². The molecule has 4 atom stereocenters. The van der Waals surface area contributed by atoms with Crippen molar-refractivity contribution in [2.75, 3.05) is 0 Å². The fourth-order valence-corrected chi connectivity index (χ4v) is 3.29. The maximum atomic E-state index is 12.4. The molecule has 0 unspecified atom stereocenters. The third-order valence-corrected chi connectivity index (χ3v) is 4.19. The van der Waals surface area contributed by atoms with Crippen molar-refractivity contribution in [3.63, 3.8) is 0 Å². The Morgan fingerprint density at radius 1 is 0.947 bits per heavy atom. The Kier molecular flexibility index (Phi) is 2.17. The number of fused-ring (bicyclic) bond motifs is 5. The molecule has 0 saturated carbocycles. The SMILES string of the molecule is O=C1[C@@H]2[C@@H](C(=O)N1Cc1ccccc1)[C@H]1C=C[C@@H]2O1. The summed E-state index contributed by atoms with van der Waals surface area (Å²) in [5, 5.41) is 0. The van der Waals surface area contributed by atoms with Gasteiger partial charge in [-0.1, -0.05) is 42.5 Å². The number of likely N-dealkylation sites (tertiary alicyclic amines) is 1. The summed E-state index contributed by atoms with van der Waals surface area (Å²) in [6.07, 6.45) is 3.41. The Balaban J connectivity index is 1.62. The average molecular weight is 255 g/mol. The molecular formula is C15H13NO3. The van der Waals surface area contributed by atoms with E-state index in [-0.39, 0.29) is 35.9 Å². The van der Waals surface area contributed by atoms with Crippen LogP contribution in [0.5, 0.6) is 0 Å². The number of rotatable bonds is 2. The van der Waals surface area contributed by atoms with Gasteiger partial charge in [-0.25, -0.2) is 0 Å². The van der Waals surface area contributed by atoms with Gasteiger partial charge in [-0.15, -0.1) is 0 Å². The molecule has 4 rings (SSSR count). The highest BCUT2D eigenvalue weighted by atomic mass is 16.5. The third kappa shape index (κ3) is 1.43. The summed E-state index contributed by atoms with van der Waals surface area (Å²) in [6.45, 7) is 0.366. The number of carbonyl (C=O) groups excluding carboxylic acids is 2. The number of ether oxygens (including phenoxy) is 1. The van der Waals surface area contributed by atoms with Crippen LogP contribution in [0.15, 0.2) is 42.5 Å². The third-order valence-electron chi connectivity index (χ3n) is 4.19. The van der Waals surface area contributed by atoms with Crippen LogP contribution in [0.4, 0.5) is 0 Å². The number of carbonyl (C=O) groups is 2. The minimum absolute atomic E-state index is 0.0873. The maximum Gasteiger partial charge on any atom is 0.236 e. The lowest BCUT2D eigenvalue weighted by Crippen LogP contribution is -2.33. The van der Waals surface area contributed by atoms with Crippen LogP contribution in [0.25, 0.3) is 0 Å². The fraction of sp³-hybridized carbons (Fsp3) is 0.333. The zero-order valence-electron chi connectivity index (χ0n) is 10.2. The van der Waals surface area contributed by atoms with E-state index < -0.39 is 0 Å². The lowest BCUT2D eigenvalue weighted by molar-refractivity contribution is -0.143. The van der Waals surface area contributed by atoms with Crippen molar-refractivity contribution < 1.29 is 14.3 Å². The highest BCUT2D eigenvalue weighted by Crippen LogP contribution is 2.45. The van der Waals surface area contributed by atoms with Gasteiger partial charge < -0.3 is 4.74 Å². The second kappa shape index (κ2) is 3.78. The Morgan fingerprint density at radius 3 is 2.11 bits per heavy atom. The number of nitrogens with zero attached hydrogens (tertiary/aromatic N) is 1. The van der Waals surface area contributed by atoms with E-state index in [1.165, 1.54) is 4.90 Å². The van der Waals surface area contributed by atoms with Gasteiger partial charge in [0.15, 0.2) is 0 Å². The van der Waals surface area contributed by atoms with Crippen molar-refractivity contribution in [3.8, 4) is 0 Å². The van der Waals surface area contributed by atoms with Crippen molar-refractivity contribution in [2.45, 2.75) is 18.8 Å². The molecule has 0 N–H and O–H groups in total. The van der Waals surface area contributed by atoms with E-state index in [0.29, 0.717) is 6.54 Å². The molecule has 19 heavy (non-hydrogen) atoms. The van der Waals surface area contributed by atoms with Gasteiger partial charge in [-0.3, -0.25) is 14.5 Å². The van der Waals surface area contributed by atoms with Crippen LogP contribution in [0.3, 0.4) is 0 Å². The van der Waals surface area contributed by atoms with Crippen LogP contribution in [0.1, 0.15) is 5.56 Å². The second-order valence-electron chi connectivity index (χ2n) is 5.25. The molecule has 0 spiro atoms. The van der Waals surface area contributed by atoms with Gasteiger partial charge in [0.05, 0.1) is 30.6 Å². The number of imide groups is 1. The van der Waals surface area contributed by atoms with Crippen LogP contribution in [-0.4, -0.2) is 28.9 Å². The van der Waals surface area contributed by atoms with E-state index in [2.05, 4.69) is 0 Å². The smallest absolute Gasteiger partial charge is 0.236 e. The first-order valence-corrected chi connectivity index (χ1v) is 6.48. The highest BCUT2D eigenvalue weighted by Gasteiger charge is 2.60. The summed E-state index contributed by atoms with van der Waals surface area (Å²) in [7, 11) is 0. The number of amides is 2. The normalized spacial score (nSPS) is 35.3. The monoisotopic (exact) mass is 255 g/mol. The molecule has 0 radical (unpaired) electrons. The van der Waals surface area contributed by atoms with Crippen molar-refractivity contribution in [3.05, 3.63) is 48.0 Å². The molecule has 1 aromatic rings. The Bertz CT molecular complexity index is 550. The first kappa shape index (κ1) is 10.9. The fourth-order valence-electron chi connectivity index (χ4n) is 3.29. The average Bonchev–Trinajstić information content (AvgIpc) is 3.10. The van der Waals surface area contributed by atoms with Crippen LogP contribution >= 0.6 is 0 Å². The number of hydrogen-bond donors (Lipinski definition) is 0. The van der Waals surface area contributed by atoms with Gasteiger partial charge in [-0.2, -0.15) is 0 Å². The molecule has 3 aliphatic rings. The standard InChI is InChI=1S/C15H13NO3/c17-14-12-10-6-7-11(19-10)13(12)15(18)16(14)8-9-4-2-1-3-5-9/h1-7,10-13H,8H2/t10-,11+,12-,13-/m0/s1. The summed E-state index contributed by atoms with van der Waals surface area (Å²) >= 11 is 0. The lowest BCUT2D eigenvalue weighted by atomic mass is 9.85. The van der Waals surface area contributed by atoms with Crippen molar-refractivity contribution in [1.29, 1.82) is 0 Å². The van der Waals surface area contributed by atoms with Crippen LogP contribution in [-0.2, 0) is 20.9 Å². The summed E-state index contributed by atoms with van der Waals surface area (Å²) in [4.78, 5) is 26.2. The van der Waals surface area contributed by atoms with Crippen LogP contribution in [0.2, 0.25) is 0 Å². The molecule has 2 fully saturated rings. The zero-order valence-corrected chi connectivity index (χ0v) is 10.2. The van der Waals surface area contributed by atoms with Crippen molar-refractivity contribution in [1.82, 2.24) is 4.90 Å². The zero-order chi connectivity index (χ0) is 13.0. The van der Waals surface area contributed by atoms with Gasteiger partial charge in [0.2, 0.25) is 11.8 Å². The van der Waals surface area contributed by atoms with Gasteiger partial charge in [0.25, 0.3) is 0 Å². The molecule has 3 heterocycles. The first-order chi connectivity index (χ1) is 9.25. The molecule has 2 amide bonds. The minimum atomic E-state index is -0.300. The van der Waals surface area contributed by atoms with E-state index >= 15 is 0 Å². The molecule has 0 aromatic heterocycles. The van der Waals surface area contributed by atoms with Crippen molar-refractivity contribution in [2.24, 2.45) is 11.8 Å². The Morgan fingerprint density at radius 2 is 1.53 bits per heavy atom. The summed E-state index contributed by atoms with van der Waals surface area (Å²) in [5.41, 5.74) is 0.977. The summed E-state index contributed by atoms with van der Waals surface area (Å²) in [5.74, 6) is -0.774.